The lowest BCUT2D eigenvalue weighted by molar-refractivity contribution is 0.564. The molecular weight excluding hydrogens is 240 g/mol. The maximum atomic E-state index is 5.06. The summed E-state index contributed by atoms with van der Waals surface area (Å²) in [4.78, 5) is 9.08. The first kappa shape index (κ1) is 13.4. The molecule has 0 saturated carbocycles. The summed E-state index contributed by atoms with van der Waals surface area (Å²) in [6.45, 7) is 4.84. The van der Waals surface area contributed by atoms with Gasteiger partial charge in [-0.15, -0.1) is 0 Å². The van der Waals surface area contributed by atoms with Gasteiger partial charge in [-0.1, -0.05) is 6.92 Å². The topological polar surface area (TPSA) is 63.0 Å². The molecule has 102 valence electrons. The van der Waals surface area contributed by atoms with Gasteiger partial charge >= 0.3 is 0 Å². The zero-order valence-corrected chi connectivity index (χ0v) is 11.7. The molecule has 2 rings (SSSR count). The van der Waals surface area contributed by atoms with Gasteiger partial charge in [-0.2, -0.15) is 0 Å². The maximum absolute atomic E-state index is 5.06. The summed E-state index contributed by atoms with van der Waals surface area (Å²) < 4.78 is 5.06. The second kappa shape index (κ2) is 6.22. The number of aromatic nitrogens is 2. The monoisotopic (exact) mass is 260 g/mol. The van der Waals surface area contributed by atoms with Crippen LogP contribution >= 0.6 is 0 Å². The summed E-state index contributed by atoms with van der Waals surface area (Å²) in [5, 5.41) is 6.46. The molecule has 0 aliphatic heterocycles. The van der Waals surface area contributed by atoms with Crippen LogP contribution < -0.4 is 10.6 Å². The smallest absolute Gasteiger partial charge is 0.135 e. The number of nitrogens with zero attached hydrogens (tertiary/aromatic N) is 2. The van der Waals surface area contributed by atoms with E-state index in [2.05, 4.69) is 27.5 Å². The first-order valence-electron chi connectivity index (χ1n) is 6.54. The molecule has 0 amide bonds. The fraction of sp³-hybridized carbons (Fsp3) is 0.429. The van der Waals surface area contributed by atoms with Crippen molar-refractivity contribution in [3.63, 3.8) is 0 Å². The minimum Gasteiger partial charge on any atom is -0.472 e. The lowest BCUT2D eigenvalue weighted by Crippen LogP contribution is -2.09. The van der Waals surface area contributed by atoms with E-state index in [0.29, 0.717) is 6.54 Å². The minimum absolute atomic E-state index is 0.697. The Balaban J connectivity index is 2.19. The quantitative estimate of drug-likeness (QED) is 0.836. The Bertz CT molecular complexity index is 522. The fourth-order valence-electron chi connectivity index (χ4n) is 1.89. The first-order valence-corrected chi connectivity index (χ1v) is 6.54. The molecule has 0 bridgehead atoms. The van der Waals surface area contributed by atoms with Crippen molar-refractivity contribution in [3.05, 3.63) is 35.5 Å². The molecule has 0 aliphatic rings. The Labute approximate surface area is 113 Å². The standard InChI is InChI=1S/C14H20N4O/c1-4-5-12-17-13(15-3)10(2)14(18-12)16-8-11-6-7-19-9-11/h6-7,9H,4-5,8H2,1-3H3,(H2,15,16,17,18). The van der Waals surface area contributed by atoms with E-state index >= 15 is 0 Å². The van der Waals surface area contributed by atoms with E-state index in [9.17, 15) is 0 Å². The zero-order chi connectivity index (χ0) is 13.7. The fourth-order valence-corrected chi connectivity index (χ4v) is 1.89. The lowest BCUT2D eigenvalue weighted by atomic mass is 10.2. The van der Waals surface area contributed by atoms with Crippen LogP contribution in [0.4, 0.5) is 11.6 Å². The van der Waals surface area contributed by atoms with Crippen LogP contribution in [0.3, 0.4) is 0 Å². The summed E-state index contributed by atoms with van der Waals surface area (Å²) in [5.74, 6) is 2.63. The predicted octanol–water partition coefficient (Wildman–Crippen LogP) is 2.98. The van der Waals surface area contributed by atoms with Crippen molar-refractivity contribution in [2.45, 2.75) is 33.2 Å². The summed E-state index contributed by atoms with van der Waals surface area (Å²) in [6.07, 6.45) is 5.32. The minimum atomic E-state index is 0.697. The first-order chi connectivity index (χ1) is 9.24. The van der Waals surface area contributed by atoms with Crippen LogP contribution in [0.25, 0.3) is 0 Å². The van der Waals surface area contributed by atoms with E-state index in [1.54, 1.807) is 12.5 Å². The Morgan fingerprint density at radius 1 is 1.26 bits per heavy atom. The highest BCUT2D eigenvalue weighted by molar-refractivity contribution is 5.57. The average Bonchev–Trinajstić information content (AvgIpc) is 2.92. The molecule has 0 aromatic carbocycles. The molecule has 2 aromatic rings. The number of hydrogen-bond donors (Lipinski definition) is 2. The second-order valence-corrected chi connectivity index (χ2v) is 4.45. The molecule has 2 heterocycles. The van der Waals surface area contributed by atoms with E-state index in [4.69, 9.17) is 4.42 Å². The largest absolute Gasteiger partial charge is 0.472 e. The number of nitrogens with one attached hydrogen (secondary N) is 2. The van der Waals surface area contributed by atoms with Crippen LogP contribution in [0.2, 0.25) is 0 Å². The normalized spacial score (nSPS) is 10.5. The van der Waals surface area contributed by atoms with Crippen LogP contribution in [0.5, 0.6) is 0 Å². The molecular formula is C14H20N4O. The Hall–Kier alpha value is -2.04. The van der Waals surface area contributed by atoms with Crippen LogP contribution in [-0.4, -0.2) is 17.0 Å². The van der Waals surface area contributed by atoms with E-state index in [1.807, 2.05) is 20.0 Å². The molecule has 0 unspecified atom stereocenters. The maximum Gasteiger partial charge on any atom is 0.135 e. The summed E-state index contributed by atoms with van der Waals surface area (Å²) in [7, 11) is 1.88. The van der Waals surface area contributed by atoms with Gasteiger partial charge in [0, 0.05) is 31.1 Å². The predicted molar refractivity (Wildman–Crippen MR) is 76.3 cm³/mol. The molecule has 2 N–H and O–H groups in total. The number of rotatable bonds is 6. The molecule has 0 radical (unpaired) electrons. The highest BCUT2D eigenvalue weighted by Crippen LogP contribution is 2.20. The van der Waals surface area contributed by atoms with Gasteiger partial charge in [-0.05, 0) is 19.4 Å². The van der Waals surface area contributed by atoms with Crippen molar-refractivity contribution in [2.24, 2.45) is 0 Å². The summed E-state index contributed by atoms with van der Waals surface area (Å²) in [5.41, 5.74) is 2.13. The van der Waals surface area contributed by atoms with E-state index in [-0.39, 0.29) is 0 Å². The average molecular weight is 260 g/mol. The van der Waals surface area contributed by atoms with Gasteiger partial charge in [0.1, 0.15) is 17.5 Å². The Morgan fingerprint density at radius 2 is 2.05 bits per heavy atom. The zero-order valence-electron chi connectivity index (χ0n) is 11.7. The molecule has 5 nitrogen and oxygen atoms in total. The van der Waals surface area contributed by atoms with Crippen molar-refractivity contribution < 1.29 is 4.42 Å². The number of furan rings is 1. The molecule has 0 saturated heterocycles. The third-order valence-electron chi connectivity index (χ3n) is 2.94. The molecule has 0 spiro atoms. The third kappa shape index (κ3) is 3.24. The van der Waals surface area contributed by atoms with Gasteiger partial charge in [0.15, 0.2) is 0 Å². The molecule has 0 fully saturated rings. The van der Waals surface area contributed by atoms with Gasteiger partial charge in [-0.3, -0.25) is 0 Å². The Kier molecular flexibility index (Phi) is 4.39. The summed E-state index contributed by atoms with van der Waals surface area (Å²) in [6, 6.07) is 1.94. The molecule has 0 atom stereocenters. The van der Waals surface area contributed by atoms with Gasteiger partial charge < -0.3 is 15.1 Å². The van der Waals surface area contributed by atoms with Gasteiger partial charge in [0.25, 0.3) is 0 Å². The lowest BCUT2D eigenvalue weighted by Gasteiger charge is -2.13. The Morgan fingerprint density at radius 3 is 2.68 bits per heavy atom. The van der Waals surface area contributed by atoms with Crippen molar-refractivity contribution in [2.75, 3.05) is 17.7 Å². The van der Waals surface area contributed by atoms with Crippen molar-refractivity contribution >= 4 is 11.6 Å². The summed E-state index contributed by atoms with van der Waals surface area (Å²) >= 11 is 0. The molecule has 19 heavy (non-hydrogen) atoms. The van der Waals surface area contributed by atoms with E-state index < -0.39 is 0 Å². The highest BCUT2D eigenvalue weighted by atomic mass is 16.3. The van der Waals surface area contributed by atoms with Crippen LogP contribution in [0.15, 0.2) is 23.0 Å². The number of aryl methyl sites for hydroxylation is 1. The van der Waals surface area contributed by atoms with Crippen molar-refractivity contribution in [1.29, 1.82) is 0 Å². The highest BCUT2D eigenvalue weighted by Gasteiger charge is 2.09. The SMILES string of the molecule is CCCc1nc(NC)c(C)c(NCc2ccoc2)n1. The molecule has 0 aliphatic carbocycles. The number of anilines is 2. The number of hydrogen-bond acceptors (Lipinski definition) is 5. The van der Waals surface area contributed by atoms with E-state index in [0.717, 1.165) is 41.4 Å². The van der Waals surface area contributed by atoms with Crippen LogP contribution in [-0.2, 0) is 13.0 Å². The van der Waals surface area contributed by atoms with Gasteiger partial charge in [0.2, 0.25) is 0 Å². The van der Waals surface area contributed by atoms with E-state index in [1.165, 1.54) is 0 Å². The van der Waals surface area contributed by atoms with Crippen molar-refractivity contribution in [3.8, 4) is 0 Å². The van der Waals surface area contributed by atoms with Crippen LogP contribution in [0, 0.1) is 6.92 Å². The third-order valence-corrected chi connectivity index (χ3v) is 2.94. The molecule has 5 heteroatoms. The van der Waals surface area contributed by atoms with Gasteiger partial charge in [0.05, 0.1) is 12.5 Å². The second-order valence-electron chi connectivity index (χ2n) is 4.45. The van der Waals surface area contributed by atoms with Gasteiger partial charge in [-0.25, -0.2) is 9.97 Å². The van der Waals surface area contributed by atoms with Crippen LogP contribution in [0.1, 0.15) is 30.3 Å². The van der Waals surface area contributed by atoms with Crippen molar-refractivity contribution in [1.82, 2.24) is 9.97 Å². The molecule has 2 aromatic heterocycles.